The number of hydrogen-bond donors (Lipinski definition) is 0. The number of pyridine rings is 1. The lowest BCUT2D eigenvalue weighted by molar-refractivity contribution is 0.664. The van der Waals surface area contributed by atoms with Crippen molar-refractivity contribution in [2.45, 2.75) is 0 Å². The molecule has 0 atom stereocenters. The molecule has 0 saturated carbocycles. The predicted octanol–water partition coefficient (Wildman–Crippen LogP) is 7.98. The molecule has 0 amide bonds. The molecule has 0 aliphatic carbocycles. The van der Waals surface area contributed by atoms with Crippen molar-refractivity contribution in [2.75, 3.05) is 0 Å². The first-order valence-electron chi connectivity index (χ1n) is 11.0. The molecule has 33 heavy (non-hydrogen) atoms. The van der Waals surface area contributed by atoms with Crippen molar-refractivity contribution >= 4 is 65.8 Å². The smallest absolute Gasteiger partial charge is 0.147 e. The molecule has 4 heterocycles. The van der Waals surface area contributed by atoms with E-state index in [0.717, 1.165) is 71.5 Å². The van der Waals surface area contributed by atoms with Gasteiger partial charge in [-0.15, -0.1) is 0 Å². The van der Waals surface area contributed by atoms with Crippen molar-refractivity contribution < 1.29 is 8.83 Å². The molecule has 154 valence electrons. The average Bonchev–Trinajstić information content (AvgIpc) is 3.53. The third-order valence-electron chi connectivity index (χ3n) is 6.65. The lowest BCUT2D eigenvalue weighted by Crippen LogP contribution is -1.94. The zero-order valence-electron chi connectivity index (χ0n) is 17.4. The van der Waals surface area contributed by atoms with Gasteiger partial charge < -0.3 is 8.83 Å². The van der Waals surface area contributed by atoms with Crippen LogP contribution in [0.4, 0.5) is 0 Å². The van der Waals surface area contributed by atoms with Gasteiger partial charge in [-0.05, 0) is 54.6 Å². The molecular weight excluding hydrogens is 408 g/mol. The van der Waals surface area contributed by atoms with Crippen LogP contribution in [0, 0.1) is 0 Å². The summed E-state index contributed by atoms with van der Waals surface area (Å²) in [6.07, 6.45) is 1.84. The van der Waals surface area contributed by atoms with Crippen LogP contribution in [0.5, 0.6) is 0 Å². The van der Waals surface area contributed by atoms with Gasteiger partial charge in [-0.2, -0.15) is 0 Å². The number of aromatic nitrogens is 2. The van der Waals surface area contributed by atoms with Crippen LogP contribution in [0.1, 0.15) is 0 Å². The van der Waals surface area contributed by atoms with Crippen LogP contribution >= 0.6 is 0 Å². The minimum Gasteiger partial charge on any atom is -0.456 e. The molecule has 0 bridgehead atoms. The van der Waals surface area contributed by atoms with E-state index >= 15 is 0 Å². The van der Waals surface area contributed by atoms with Crippen LogP contribution in [0.25, 0.3) is 71.5 Å². The summed E-state index contributed by atoms with van der Waals surface area (Å²) in [6, 6.07) is 31.1. The van der Waals surface area contributed by atoms with Gasteiger partial charge in [0.25, 0.3) is 0 Å². The molecule has 0 unspecified atom stereocenters. The molecule has 0 aliphatic rings. The fourth-order valence-electron chi connectivity index (χ4n) is 5.27. The number of nitrogens with zero attached hydrogens (tertiary/aromatic N) is 2. The highest BCUT2D eigenvalue weighted by Crippen LogP contribution is 2.43. The van der Waals surface area contributed by atoms with Gasteiger partial charge >= 0.3 is 0 Å². The molecular formula is C29H16N2O2. The molecule has 4 heteroatoms. The largest absolute Gasteiger partial charge is 0.456 e. The van der Waals surface area contributed by atoms with Crippen LogP contribution < -0.4 is 0 Å². The van der Waals surface area contributed by atoms with Gasteiger partial charge in [0.05, 0.1) is 16.3 Å². The normalized spacial score (nSPS) is 12.2. The molecule has 4 aromatic heterocycles. The summed E-state index contributed by atoms with van der Waals surface area (Å²) in [7, 11) is 0. The van der Waals surface area contributed by atoms with Gasteiger partial charge in [0, 0.05) is 33.4 Å². The van der Waals surface area contributed by atoms with Crippen molar-refractivity contribution in [2.24, 2.45) is 0 Å². The molecule has 0 fully saturated rings. The van der Waals surface area contributed by atoms with E-state index in [2.05, 4.69) is 59.2 Å². The maximum absolute atomic E-state index is 6.70. The highest BCUT2D eigenvalue weighted by atomic mass is 16.3. The first-order chi connectivity index (χ1) is 16.4. The average molecular weight is 424 g/mol. The van der Waals surface area contributed by atoms with Gasteiger partial charge in [-0.1, -0.05) is 36.4 Å². The van der Waals surface area contributed by atoms with Crippen molar-refractivity contribution in [3.8, 4) is 5.69 Å². The van der Waals surface area contributed by atoms with Crippen LogP contribution in [-0.2, 0) is 0 Å². The number of rotatable bonds is 1. The van der Waals surface area contributed by atoms with E-state index in [9.17, 15) is 0 Å². The molecule has 0 aliphatic heterocycles. The minimum absolute atomic E-state index is 0.840. The molecule has 0 saturated heterocycles. The summed E-state index contributed by atoms with van der Waals surface area (Å²) in [5.41, 5.74) is 6.54. The second kappa shape index (κ2) is 6.02. The lowest BCUT2D eigenvalue weighted by Gasteiger charge is -2.06. The molecule has 0 N–H and O–H groups in total. The Kier molecular flexibility index (Phi) is 3.11. The van der Waals surface area contributed by atoms with E-state index < -0.39 is 0 Å². The maximum Gasteiger partial charge on any atom is 0.147 e. The van der Waals surface area contributed by atoms with Gasteiger partial charge in [0.1, 0.15) is 28.0 Å². The summed E-state index contributed by atoms with van der Waals surface area (Å²) in [4.78, 5) is 4.74. The molecule has 0 radical (unpaired) electrons. The van der Waals surface area contributed by atoms with Crippen molar-refractivity contribution in [1.82, 2.24) is 9.55 Å². The Morgan fingerprint density at radius 3 is 2.21 bits per heavy atom. The first kappa shape index (κ1) is 17.0. The molecule has 8 aromatic rings. The van der Waals surface area contributed by atoms with Crippen LogP contribution in [0.3, 0.4) is 0 Å². The first-order valence-corrected chi connectivity index (χ1v) is 11.0. The minimum atomic E-state index is 0.840. The van der Waals surface area contributed by atoms with E-state index in [-0.39, 0.29) is 0 Å². The Labute approximate surface area is 187 Å². The van der Waals surface area contributed by atoms with Gasteiger partial charge in [0.15, 0.2) is 0 Å². The Morgan fingerprint density at radius 1 is 0.545 bits per heavy atom. The summed E-state index contributed by atoms with van der Waals surface area (Å²) in [6.45, 7) is 0. The zero-order valence-corrected chi connectivity index (χ0v) is 17.4. The number of furan rings is 2. The van der Waals surface area contributed by atoms with Crippen molar-refractivity contribution in [3.63, 3.8) is 0 Å². The molecule has 4 aromatic carbocycles. The molecule has 8 rings (SSSR count). The summed E-state index contributed by atoms with van der Waals surface area (Å²) >= 11 is 0. The van der Waals surface area contributed by atoms with Gasteiger partial charge in [-0.25, -0.2) is 4.98 Å². The zero-order chi connectivity index (χ0) is 21.5. The van der Waals surface area contributed by atoms with E-state index in [0.29, 0.717) is 0 Å². The van der Waals surface area contributed by atoms with Crippen molar-refractivity contribution in [1.29, 1.82) is 0 Å². The number of benzene rings is 4. The van der Waals surface area contributed by atoms with E-state index in [4.69, 9.17) is 13.8 Å². The summed E-state index contributed by atoms with van der Waals surface area (Å²) in [5, 5.41) is 6.45. The monoisotopic (exact) mass is 424 g/mol. The SMILES string of the molecule is c1ccc(-n2c3ccc4c5ccc6oc7ccccc7c6c5oc4c3c3cccnc32)cc1. The Hall–Kier alpha value is -4.57. The fourth-order valence-corrected chi connectivity index (χ4v) is 5.27. The third-order valence-corrected chi connectivity index (χ3v) is 6.65. The van der Waals surface area contributed by atoms with Crippen LogP contribution in [-0.4, -0.2) is 9.55 Å². The van der Waals surface area contributed by atoms with E-state index in [1.54, 1.807) is 0 Å². The molecule has 0 spiro atoms. The fraction of sp³-hybridized carbons (Fsp3) is 0. The highest BCUT2D eigenvalue weighted by Gasteiger charge is 2.21. The Balaban J connectivity index is 1.60. The lowest BCUT2D eigenvalue weighted by atomic mass is 10.1. The highest BCUT2D eigenvalue weighted by molar-refractivity contribution is 6.27. The van der Waals surface area contributed by atoms with E-state index in [1.807, 2.05) is 42.6 Å². The Bertz CT molecular complexity index is 2020. The second-order valence-electron chi connectivity index (χ2n) is 8.40. The summed E-state index contributed by atoms with van der Waals surface area (Å²) < 4.78 is 15.0. The summed E-state index contributed by atoms with van der Waals surface area (Å²) in [5.74, 6) is 0. The number of para-hydroxylation sites is 2. The van der Waals surface area contributed by atoms with Crippen LogP contribution in [0.2, 0.25) is 0 Å². The topological polar surface area (TPSA) is 44.1 Å². The maximum atomic E-state index is 6.70. The second-order valence-corrected chi connectivity index (χ2v) is 8.40. The predicted molar refractivity (Wildman–Crippen MR) is 133 cm³/mol. The van der Waals surface area contributed by atoms with Crippen LogP contribution in [0.15, 0.2) is 106 Å². The quantitative estimate of drug-likeness (QED) is 0.268. The standard InChI is InChI=1S/C29H16N2O2/c1-2-7-17(8-3-1)31-22-14-12-18-19-13-15-24-26(20-9-4-5-11-23(20)32-24)28(19)33-27(18)25(22)21-10-6-16-30-29(21)31/h1-16H. The number of hydrogen-bond acceptors (Lipinski definition) is 3. The van der Waals surface area contributed by atoms with Crippen molar-refractivity contribution in [3.05, 3.63) is 97.2 Å². The van der Waals surface area contributed by atoms with Gasteiger partial charge in [0.2, 0.25) is 0 Å². The van der Waals surface area contributed by atoms with E-state index in [1.165, 1.54) is 0 Å². The van der Waals surface area contributed by atoms with Gasteiger partial charge in [-0.3, -0.25) is 4.57 Å². The third kappa shape index (κ3) is 2.12. The Morgan fingerprint density at radius 2 is 1.30 bits per heavy atom. The number of fused-ring (bicyclic) bond motifs is 11. The molecule has 4 nitrogen and oxygen atoms in total.